The number of nitrogens with zero attached hydrogens (tertiary/aromatic N) is 3. The van der Waals surface area contributed by atoms with Crippen LogP contribution < -0.4 is 11.1 Å². The normalized spacial score (nSPS) is 10.6. The number of nitrogen functional groups attached to an aromatic ring is 1. The summed E-state index contributed by atoms with van der Waals surface area (Å²) in [6, 6.07) is 0. The number of carbonyl (C=O) groups is 3. The molecule has 11 nitrogen and oxygen atoms in total. The van der Waals surface area contributed by atoms with Crippen molar-refractivity contribution >= 4 is 41.4 Å². The number of ether oxygens (including phenoxy) is 2. The molecule has 2 aromatic rings. The quantitative estimate of drug-likeness (QED) is 0.450. The van der Waals surface area contributed by atoms with Gasteiger partial charge in [-0.3, -0.25) is 14.7 Å². The summed E-state index contributed by atoms with van der Waals surface area (Å²) in [6.07, 6.45) is 0. The molecular weight excluding hydrogens is 402 g/mol. The van der Waals surface area contributed by atoms with Gasteiger partial charge in [0.2, 0.25) is 17.7 Å². The first-order valence-corrected chi connectivity index (χ1v) is 9.91. The largest absolute Gasteiger partial charge is 0.462 e. The molecule has 2 rings (SSSR count). The van der Waals surface area contributed by atoms with Gasteiger partial charge in [-0.1, -0.05) is 18.7 Å². The van der Waals surface area contributed by atoms with E-state index in [-0.39, 0.29) is 48.5 Å². The highest BCUT2D eigenvalue weighted by Crippen LogP contribution is 2.29. The highest BCUT2D eigenvalue weighted by atomic mass is 32.2. The van der Waals surface area contributed by atoms with Crippen LogP contribution in [0.5, 0.6) is 0 Å². The van der Waals surface area contributed by atoms with Crippen molar-refractivity contribution in [1.29, 1.82) is 0 Å². The Morgan fingerprint density at radius 2 is 1.72 bits per heavy atom. The number of furan rings is 1. The van der Waals surface area contributed by atoms with Crippen LogP contribution in [0.1, 0.15) is 47.2 Å². The van der Waals surface area contributed by atoms with Gasteiger partial charge in [-0.05, 0) is 26.5 Å². The van der Waals surface area contributed by atoms with Crippen LogP contribution in [0, 0.1) is 6.92 Å². The lowest BCUT2D eigenvalue weighted by molar-refractivity contribution is -0.116. The summed E-state index contributed by atoms with van der Waals surface area (Å²) in [6.45, 7) is 6.64. The first kappa shape index (κ1) is 22.3. The maximum Gasteiger partial charge on any atom is 0.344 e. The second kappa shape index (κ2) is 9.96. The van der Waals surface area contributed by atoms with E-state index in [0.29, 0.717) is 10.9 Å². The van der Waals surface area contributed by atoms with Crippen LogP contribution in [0.2, 0.25) is 0 Å². The number of aryl methyl sites for hydroxylation is 1. The van der Waals surface area contributed by atoms with Gasteiger partial charge in [-0.2, -0.15) is 0 Å². The van der Waals surface area contributed by atoms with Crippen LogP contribution in [0.3, 0.4) is 0 Å². The molecule has 2 aromatic heterocycles. The number of amides is 1. The lowest BCUT2D eigenvalue weighted by Gasteiger charge is -2.09. The number of hydrogen-bond acceptors (Lipinski definition) is 10. The van der Waals surface area contributed by atoms with Crippen molar-refractivity contribution in [1.82, 2.24) is 14.8 Å². The molecule has 0 spiro atoms. The average Bonchev–Trinajstić information content (AvgIpc) is 3.16. The summed E-state index contributed by atoms with van der Waals surface area (Å²) in [5.41, 5.74) is 5.48. The van der Waals surface area contributed by atoms with Gasteiger partial charge in [0.1, 0.15) is 23.4 Å². The molecule has 0 bridgehead atoms. The highest BCUT2D eigenvalue weighted by Gasteiger charge is 2.31. The molecule has 0 aliphatic heterocycles. The number of hydrogen-bond donors (Lipinski definition) is 2. The van der Waals surface area contributed by atoms with Crippen molar-refractivity contribution in [2.24, 2.45) is 0 Å². The van der Waals surface area contributed by atoms with Crippen LogP contribution in [0.25, 0.3) is 0 Å². The van der Waals surface area contributed by atoms with E-state index in [1.54, 1.807) is 13.8 Å². The van der Waals surface area contributed by atoms with Crippen molar-refractivity contribution in [3.8, 4) is 0 Å². The number of thioether (sulfide) groups is 1. The summed E-state index contributed by atoms with van der Waals surface area (Å²) >= 11 is 1.37. The SMILES string of the molecule is CCOC(=O)c1c(C)oc(NC(=O)Cn2c(N)nnc2SCC)c1C(=O)OCC. The molecule has 0 aliphatic carbocycles. The van der Waals surface area contributed by atoms with Crippen LogP contribution in [0.4, 0.5) is 11.8 Å². The second-order valence-corrected chi connectivity index (χ2v) is 6.82. The molecule has 12 heteroatoms. The zero-order valence-electron chi connectivity index (χ0n) is 16.6. The number of nitrogens with two attached hydrogens (primary N) is 1. The number of anilines is 2. The molecule has 0 saturated heterocycles. The molecule has 0 saturated carbocycles. The van der Waals surface area contributed by atoms with Crippen LogP contribution in [-0.4, -0.2) is 51.6 Å². The van der Waals surface area contributed by atoms with E-state index >= 15 is 0 Å². The van der Waals surface area contributed by atoms with E-state index in [4.69, 9.17) is 19.6 Å². The Labute approximate surface area is 171 Å². The fraction of sp³-hybridized carbons (Fsp3) is 0.471. The molecule has 1 amide bonds. The molecule has 0 aromatic carbocycles. The minimum atomic E-state index is -0.811. The van der Waals surface area contributed by atoms with Gasteiger partial charge in [0.25, 0.3) is 0 Å². The maximum atomic E-state index is 12.6. The van der Waals surface area contributed by atoms with E-state index < -0.39 is 17.8 Å². The van der Waals surface area contributed by atoms with Gasteiger partial charge in [0.05, 0.1) is 13.2 Å². The Kier molecular flexibility index (Phi) is 7.65. The Bertz CT molecular complexity index is 907. The number of nitrogens with one attached hydrogen (secondary N) is 1. The number of esters is 2. The predicted molar refractivity (Wildman–Crippen MR) is 105 cm³/mol. The van der Waals surface area contributed by atoms with E-state index in [9.17, 15) is 14.4 Å². The lowest BCUT2D eigenvalue weighted by atomic mass is 10.1. The van der Waals surface area contributed by atoms with Crippen LogP contribution in [0.15, 0.2) is 9.57 Å². The Morgan fingerprint density at radius 1 is 1.10 bits per heavy atom. The number of aromatic nitrogens is 3. The number of carbonyl (C=O) groups excluding carboxylic acids is 3. The highest BCUT2D eigenvalue weighted by molar-refractivity contribution is 7.99. The Hall–Kier alpha value is -3.02. The molecule has 2 heterocycles. The van der Waals surface area contributed by atoms with Gasteiger partial charge < -0.3 is 19.6 Å². The summed E-state index contributed by atoms with van der Waals surface area (Å²) in [4.78, 5) is 37.2. The minimum absolute atomic E-state index is 0.0737. The fourth-order valence-electron chi connectivity index (χ4n) is 2.47. The fourth-order valence-corrected chi connectivity index (χ4v) is 3.14. The molecule has 29 heavy (non-hydrogen) atoms. The molecule has 158 valence electrons. The molecular formula is C17H23N5O6S. The van der Waals surface area contributed by atoms with Gasteiger partial charge >= 0.3 is 11.9 Å². The van der Waals surface area contributed by atoms with Crippen molar-refractivity contribution in [3.05, 3.63) is 16.9 Å². The summed E-state index contributed by atoms with van der Waals surface area (Å²) in [7, 11) is 0. The van der Waals surface area contributed by atoms with E-state index in [0.717, 1.165) is 0 Å². The van der Waals surface area contributed by atoms with Crippen molar-refractivity contribution in [3.63, 3.8) is 0 Å². The van der Waals surface area contributed by atoms with Crippen LogP contribution in [-0.2, 0) is 20.8 Å². The van der Waals surface area contributed by atoms with E-state index in [2.05, 4.69) is 15.5 Å². The summed E-state index contributed by atoms with van der Waals surface area (Å²) in [5.74, 6) is -1.41. The van der Waals surface area contributed by atoms with Crippen molar-refractivity contribution in [2.75, 3.05) is 30.0 Å². The van der Waals surface area contributed by atoms with Gasteiger partial charge in [-0.15, -0.1) is 10.2 Å². The Morgan fingerprint density at radius 3 is 2.31 bits per heavy atom. The average molecular weight is 425 g/mol. The lowest BCUT2D eigenvalue weighted by Crippen LogP contribution is -2.22. The zero-order valence-corrected chi connectivity index (χ0v) is 17.4. The standard InChI is InChI=1S/C17H23N5O6S/c1-5-26-14(24)11-9(4)28-13(12(11)15(25)27-6-2)19-10(23)8-22-16(18)20-21-17(22)29-7-3/h5-8H2,1-4H3,(H2,18,20)(H,19,23). The molecule has 0 atom stereocenters. The molecule has 0 aliphatic rings. The topological polar surface area (TPSA) is 152 Å². The monoisotopic (exact) mass is 425 g/mol. The van der Waals surface area contributed by atoms with Gasteiger partial charge in [-0.25, -0.2) is 9.59 Å². The third kappa shape index (κ3) is 5.08. The third-order valence-electron chi connectivity index (χ3n) is 3.62. The van der Waals surface area contributed by atoms with Crippen molar-refractivity contribution < 1.29 is 28.3 Å². The maximum absolute atomic E-state index is 12.6. The number of rotatable bonds is 9. The van der Waals surface area contributed by atoms with Gasteiger partial charge in [0.15, 0.2) is 5.16 Å². The molecule has 0 radical (unpaired) electrons. The predicted octanol–water partition coefficient (Wildman–Crippen LogP) is 1.87. The molecule has 0 fully saturated rings. The molecule has 3 N–H and O–H groups in total. The summed E-state index contributed by atoms with van der Waals surface area (Å²) in [5, 5.41) is 10.6. The summed E-state index contributed by atoms with van der Waals surface area (Å²) < 4.78 is 16.9. The third-order valence-corrected chi connectivity index (χ3v) is 4.47. The van der Waals surface area contributed by atoms with E-state index in [1.807, 2.05) is 6.92 Å². The zero-order chi connectivity index (χ0) is 21.6. The molecule has 0 unspecified atom stereocenters. The van der Waals surface area contributed by atoms with Crippen LogP contribution >= 0.6 is 11.8 Å². The first-order valence-electron chi connectivity index (χ1n) is 8.92. The first-order chi connectivity index (χ1) is 13.8. The van der Waals surface area contributed by atoms with E-state index in [1.165, 1.54) is 23.3 Å². The van der Waals surface area contributed by atoms with Gasteiger partial charge in [0, 0.05) is 0 Å². The Balaban J connectivity index is 2.33. The smallest absolute Gasteiger partial charge is 0.344 e. The second-order valence-electron chi connectivity index (χ2n) is 5.59. The minimum Gasteiger partial charge on any atom is -0.462 e. The van der Waals surface area contributed by atoms with Crippen molar-refractivity contribution in [2.45, 2.75) is 39.4 Å².